The molecule has 3 atom stereocenters. The molecule has 1 heterocycles. The molecule has 0 saturated heterocycles. The van der Waals surface area contributed by atoms with Crippen LogP contribution < -0.4 is 5.32 Å². The molecule has 1 fully saturated rings. The monoisotopic (exact) mass is 385 g/mol. The van der Waals surface area contributed by atoms with Crippen molar-refractivity contribution in [1.29, 1.82) is 0 Å². The molecule has 0 aromatic heterocycles. The fraction of sp³-hybridized carbons (Fsp3) is 0.238. The summed E-state index contributed by atoms with van der Waals surface area (Å²) in [6, 6.07) is 12.8. The summed E-state index contributed by atoms with van der Waals surface area (Å²) in [5.41, 5.74) is 1.57. The van der Waals surface area contributed by atoms with E-state index in [0.717, 1.165) is 11.1 Å². The van der Waals surface area contributed by atoms with E-state index in [2.05, 4.69) is 11.9 Å². The van der Waals surface area contributed by atoms with Crippen molar-refractivity contribution in [2.24, 2.45) is 5.92 Å². The molecule has 0 bridgehead atoms. The molecule has 1 saturated carbocycles. The molecule has 1 amide bonds. The van der Waals surface area contributed by atoms with Gasteiger partial charge in [-0.25, -0.2) is 0 Å². The molecule has 1 spiro atoms. The summed E-state index contributed by atoms with van der Waals surface area (Å²) in [5.74, 6) is -0.596. The lowest BCUT2D eigenvalue weighted by atomic mass is 9.55. The van der Waals surface area contributed by atoms with Crippen LogP contribution in [0.1, 0.15) is 29.9 Å². The number of ketones is 1. The van der Waals surface area contributed by atoms with Gasteiger partial charge in [-0.15, -0.1) is 6.58 Å². The van der Waals surface area contributed by atoms with Crippen molar-refractivity contribution >= 4 is 40.6 Å². The van der Waals surface area contributed by atoms with E-state index in [9.17, 15) is 9.59 Å². The number of Topliss-reactive ketones (excluding diaryl/α,β-unsaturated/α-hetero) is 1. The van der Waals surface area contributed by atoms with Crippen LogP contribution in [-0.2, 0) is 15.0 Å². The number of allylic oxidation sites excluding steroid dienone is 1. The van der Waals surface area contributed by atoms with Crippen LogP contribution in [-0.4, -0.2) is 11.7 Å². The highest BCUT2D eigenvalue weighted by atomic mass is 35.5. The van der Waals surface area contributed by atoms with Crippen LogP contribution in [0.4, 0.5) is 5.69 Å². The maximum Gasteiger partial charge on any atom is 0.236 e. The molecule has 0 radical (unpaired) electrons. The normalized spacial score (nSPS) is 27.3. The summed E-state index contributed by atoms with van der Waals surface area (Å²) >= 11 is 12.3. The van der Waals surface area contributed by atoms with Gasteiger partial charge >= 0.3 is 0 Å². The van der Waals surface area contributed by atoms with Gasteiger partial charge in [0.05, 0.1) is 5.41 Å². The molecule has 5 heteroatoms. The van der Waals surface area contributed by atoms with Gasteiger partial charge in [0.15, 0.2) is 0 Å². The number of hydrogen-bond donors (Lipinski definition) is 1. The van der Waals surface area contributed by atoms with Crippen LogP contribution in [0.5, 0.6) is 0 Å². The van der Waals surface area contributed by atoms with Gasteiger partial charge in [-0.1, -0.05) is 47.5 Å². The summed E-state index contributed by atoms with van der Waals surface area (Å²) < 4.78 is 0. The minimum absolute atomic E-state index is 0.114. The van der Waals surface area contributed by atoms with Crippen molar-refractivity contribution < 1.29 is 9.59 Å². The number of halogens is 2. The molecule has 2 aromatic rings. The molecule has 2 aliphatic rings. The number of carbonyl (C=O) groups is 2. The summed E-state index contributed by atoms with van der Waals surface area (Å²) in [6.45, 7) is 3.92. The number of nitrogens with one attached hydrogen (secondary N) is 1. The average molecular weight is 386 g/mol. The second-order valence-corrected chi connectivity index (χ2v) is 7.78. The molecule has 1 aliphatic heterocycles. The summed E-state index contributed by atoms with van der Waals surface area (Å²) in [7, 11) is 0. The highest BCUT2D eigenvalue weighted by Gasteiger charge is 2.59. The first-order valence-corrected chi connectivity index (χ1v) is 9.23. The Bertz CT molecular complexity index is 939. The molecule has 2 aromatic carbocycles. The van der Waals surface area contributed by atoms with Crippen LogP contribution in [0.25, 0.3) is 0 Å². The number of amides is 1. The number of carbonyl (C=O) groups excluding carboxylic acids is 2. The lowest BCUT2D eigenvalue weighted by molar-refractivity contribution is -0.129. The van der Waals surface area contributed by atoms with E-state index in [4.69, 9.17) is 23.2 Å². The van der Waals surface area contributed by atoms with E-state index >= 15 is 0 Å². The Morgan fingerprint density at radius 1 is 1.08 bits per heavy atom. The summed E-state index contributed by atoms with van der Waals surface area (Å²) in [5, 5.41) is 4.12. The molecule has 132 valence electrons. The standard InChI is InChI=1S/C21H17Cl2NO2/c1-2-13-9-16(25)11-18(12-4-3-5-14(22)8-12)21(13)17-7-6-15(23)10-19(17)24-20(21)26/h2-8,10,13,18H,1,9,11H2,(H,24,26). The van der Waals surface area contributed by atoms with Gasteiger partial charge < -0.3 is 5.32 Å². The van der Waals surface area contributed by atoms with Crippen molar-refractivity contribution in [3.05, 3.63) is 76.3 Å². The lowest BCUT2D eigenvalue weighted by Gasteiger charge is -2.44. The van der Waals surface area contributed by atoms with Crippen molar-refractivity contribution in [2.75, 3.05) is 5.32 Å². The number of fused-ring (bicyclic) bond motifs is 2. The van der Waals surface area contributed by atoms with E-state index in [0.29, 0.717) is 28.6 Å². The van der Waals surface area contributed by atoms with Gasteiger partial charge in [-0.2, -0.15) is 0 Å². The zero-order valence-corrected chi connectivity index (χ0v) is 15.5. The predicted octanol–water partition coefficient (Wildman–Crippen LogP) is 5.13. The second-order valence-electron chi connectivity index (χ2n) is 6.91. The maximum atomic E-state index is 13.3. The third-order valence-electron chi connectivity index (χ3n) is 5.60. The topological polar surface area (TPSA) is 46.2 Å². The molecule has 4 rings (SSSR count). The molecule has 1 aliphatic carbocycles. The Hall–Kier alpha value is -2.10. The fourth-order valence-electron chi connectivity index (χ4n) is 4.55. The quantitative estimate of drug-likeness (QED) is 0.728. The van der Waals surface area contributed by atoms with Gasteiger partial charge in [-0.05, 0) is 35.4 Å². The number of anilines is 1. The largest absolute Gasteiger partial charge is 0.325 e. The predicted molar refractivity (Wildman–Crippen MR) is 104 cm³/mol. The van der Waals surface area contributed by atoms with E-state index < -0.39 is 5.41 Å². The number of benzene rings is 2. The Labute approximate surface area is 162 Å². The zero-order valence-electron chi connectivity index (χ0n) is 14.0. The van der Waals surface area contributed by atoms with Gasteiger partial charge in [0, 0.05) is 40.4 Å². The molecule has 3 unspecified atom stereocenters. The smallest absolute Gasteiger partial charge is 0.236 e. The highest BCUT2D eigenvalue weighted by Crippen LogP contribution is 2.57. The van der Waals surface area contributed by atoms with Crippen molar-refractivity contribution in [1.82, 2.24) is 0 Å². The first-order chi connectivity index (χ1) is 12.5. The Balaban J connectivity index is 1.99. The van der Waals surface area contributed by atoms with Gasteiger partial charge in [0.25, 0.3) is 0 Å². The minimum Gasteiger partial charge on any atom is -0.325 e. The highest BCUT2D eigenvalue weighted by molar-refractivity contribution is 6.31. The van der Waals surface area contributed by atoms with Crippen molar-refractivity contribution in [2.45, 2.75) is 24.2 Å². The average Bonchev–Trinajstić information content (AvgIpc) is 2.88. The van der Waals surface area contributed by atoms with E-state index in [-0.39, 0.29) is 23.5 Å². The minimum atomic E-state index is -0.889. The zero-order chi connectivity index (χ0) is 18.5. The fourth-order valence-corrected chi connectivity index (χ4v) is 4.92. The molecule has 1 N–H and O–H groups in total. The van der Waals surface area contributed by atoms with Gasteiger partial charge in [0.2, 0.25) is 5.91 Å². The second kappa shape index (κ2) is 6.26. The van der Waals surface area contributed by atoms with E-state index in [1.54, 1.807) is 24.3 Å². The Kier molecular flexibility index (Phi) is 4.17. The van der Waals surface area contributed by atoms with Gasteiger partial charge in [0.1, 0.15) is 5.78 Å². The SMILES string of the molecule is C=CC1CC(=O)CC(c2cccc(Cl)c2)C12C(=O)Nc1cc(Cl)ccc12. The number of rotatable bonds is 2. The van der Waals surface area contributed by atoms with E-state index in [1.165, 1.54) is 0 Å². The molecule has 26 heavy (non-hydrogen) atoms. The van der Waals surface area contributed by atoms with Crippen LogP contribution in [0, 0.1) is 5.92 Å². The summed E-state index contributed by atoms with van der Waals surface area (Å²) in [6.07, 6.45) is 2.33. The van der Waals surface area contributed by atoms with Crippen molar-refractivity contribution in [3.8, 4) is 0 Å². The summed E-state index contributed by atoms with van der Waals surface area (Å²) in [4.78, 5) is 25.8. The first-order valence-electron chi connectivity index (χ1n) is 8.48. The first kappa shape index (κ1) is 17.3. The van der Waals surface area contributed by atoms with Crippen LogP contribution in [0.15, 0.2) is 55.1 Å². The van der Waals surface area contributed by atoms with Crippen LogP contribution >= 0.6 is 23.2 Å². The molecular weight excluding hydrogens is 369 g/mol. The number of hydrogen-bond acceptors (Lipinski definition) is 2. The Morgan fingerprint density at radius 2 is 1.85 bits per heavy atom. The Morgan fingerprint density at radius 3 is 2.58 bits per heavy atom. The van der Waals surface area contributed by atoms with Crippen molar-refractivity contribution in [3.63, 3.8) is 0 Å². The molecule has 3 nitrogen and oxygen atoms in total. The van der Waals surface area contributed by atoms with E-state index in [1.807, 2.05) is 24.3 Å². The van der Waals surface area contributed by atoms with Gasteiger partial charge in [-0.3, -0.25) is 9.59 Å². The third kappa shape index (κ3) is 2.42. The maximum absolute atomic E-state index is 13.3. The van der Waals surface area contributed by atoms with Crippen LogP contribution in [0.3, 0.4) is 0 Å². The van der Waals surface area contributed by atoms with Crippen LogP contribution in [0.2, 0.25) is 10.0 Å². The molecular formula is C21H17Cl2NO2. The third-order valence-corrected chi connectivity index (χ3v) is 6.07. The lowest BCUT2D eigenvalue weighted by Crippen LogP contribution is -2.50.